The van der Waals surface area contributed by atoms with Crippen molar-refractivity contribution in [3.8, 4) is 17.0 Å². The van der Waals surface area contributed by atoms with Crippen LogP contribution in [0.2, 0.25) is 0 Å². The van der Waals surface area contributed by atoms with Crippen LogP contribution in [-0.4, -0.2) is 14.7 Å². The second kappa shape index (κ2) is 3.77. The van der Waals surface area contributed by atoms with Gasteiger partial charge in [-0.1, -0.05) is 6.07 Å². The summed E-state index contributed by atoms with van der Waals surface area (Å²) in [7, 11) is 1.97. The number of hydrogen-bond acceptors (Lipinski definition) is 3. The maximum absolute atomic E-state index is 9.85. The standard InChI is InChI=1S/C14H13N3O/c1-17-11-3-2-4-13(18)10(11)7-12(17)9-5-6-14(15)16-8-9/h2-8,18H,1H3,(H2,15,16). The molecular formula is C14H13N3O. The van der Waals surface area contributed by atoms with Gasteiger partial charge in [0.05, 0.1) is 11.2 Å². The van der Waals surface area contributed by atoms with Crippen molar-refractivity contribution >= 4 is 16.7 Å². The molecule has 0 radical (unpaired) electrons. The van der Waals surface area contributed by atoms with E-state index in [4.69, 9.17) is 5.73 Å². The monoisotopic (exact) mass is 239 g/mol. The summed E-state index contributed by atoms with van der Waals surface area (Å²) in [6.07, 6.45) is 1.74. The van der Waals surface area contributed by atoms with Crippen LogP contribution in [-0.2, 0) is 7.05 Å². The maximum Gasteiger partial charge on any atom is 0.124 e. The Kier molecular flexibility index (Phi) is 2.23. The molecule has 0 aliphatic carbocycles. The topological polar surface area (TPSA) is 64.1 Å². The van der Waals surface area contributed by atoms with E-state index >= 15 is 0 Å². The van der Waals surface area contributed by atoms with Crippen LogP contribution in [0.1, 0.15) is 0 Å². The minimum absolute atomic E-state index is 0.290. The van der Waals surface area contributed by atoms with Gasteiger partial charge in [0, 0.05) is 24.2 Å². The van der Waals surface area contributed by atoms with Gasteiger partial charge in [-0.15, -0.1) is 0 Å². The van der Waals surface area contributed by atoms with Gasteiger partial charge in [-0.05, 0) is 30.3 Å². The van der Waals surface area contributed by atoms with E-state index in [1.807, 2.05) is 35.9 Å². The number of nitrogens with two attached hydrogens (primary N) is 1. The van der Waals surface area contributed by atoms with Gasteiger partial charge in [0.1, 0.15) is 11.6 Å². The molecule has 3 N–H and O–H groups in total. The van der Waals surface area contributed by atoms with Crippen LogP contribution in [0.5, 0.6) is 5.75 Å². The van der Waals surface area contributed by atoms with Crippen molar-refractivity contribution in [1.29, 1.82) is 0 Å². The average molecular weight is 239 g/mol. The second-order valence-corrected chi connectivity index (χ2v) is 4.27. The number of phenols is 1. The largest absolute Gasteiger partial charge is 0.507 e. The van der Waals surface area contributed by atoms with E-state index in [2.05, 4.69) is 4.98 Å². The molecule has 0 bridgehead atoms. The molecule has 0 saturated heterocycles. The van der Waals surface area contributed by atoms with Crippen LogP contribution >= 0.6 is 0 Å². The summed E-state index contributed by atoms with van der Waals surface area (Å²) in [6.45, 7) is 0. The summed E-state index contributed by atoms with van der Waals surface area (Å²) in [4.78, 5) is 4.09. The first kappa shape index (κ1) is 10.7. The van der Waals surface area contributed by atoms with Gasteiger partial charge in [-0.25, -0.2) is 4.98 Å². The maximum atomic E-state index is 9.85. The van der Waals surface area contributed by atoms with E-state index in [9.17, 15) is 5.11 Å². The Labute approximate surface area is 104 Å². The number of rotatable bonds is 1. The molecule has 0 unspecified atom stereocenters. The Hall–Kier alpha value is -2.49. The third-order valence-electron chi connectivity index (χ3n) is 3.15. The Morgan fingerprint density at radius 1 is 1.22 bits per heavy atom. The highest BCUT2D eigenvalue weighted by Gasteiger charge is 2.10. The van der Waals surface area contributed by atoms with Crippen LogP contribution in [0.3, 0.4) is 0 Å². The summed E-state index contributed by atoms with van der Waals surface area (Å²) < 4.78 is 2.03. The average Bonchev–Trinajstić information content (AvgIpc) is 2.70. The lowest BCUT2D eigenvalue weighted by Crippen LogP contribution is -1.93. The molecule has 0 fully saturated rings. The third kappa shape index (κ3) is 1.50. The fourth-order valence-electron chi connectivity index (χ4n) is 2.18. The molecule has 4 nitrogen and oxygen atoms in total. The van der Waals surface area contributed by atoms with Crippen molar-refractivity contribution in [1.82, 2.24) is 9.55 Å². The van der Waals surface area contributed by atoms with E-state index in [1.165, 1.54) is 0 Å². The van der Waals surface area contributed by atoms with Crippen molar-refractivity contribution in [2.24, 2.45) is 7.05 Å². The smallest absolute Gasteiger partial charge is 0.124 e. The number of phenolic OH excluding ortho intramolecular Hbond substituents is 1. The molecule has 0 saturated carbocycles. The van der Waals surface area contributed by atoms with Crippen LogP contribution < -0.4 is 5.73 Å². The molecule has 2 aromatic heterocycles. The molecule has 2 heterocycles. The van der Waals surface area contributed by atoms with Crippen molar-refractivity contribution in [3.05, 3.63) is 42.6 Å². The fourth-order valence-corrected chi connectivity index (χ4v) is 2.18. The second-order valence-electron chi connectivity index (χ2n) is 4.27. The molecule has 0 aliphatic heterocycles. The van der Waals surface area contributed by atoms with Gasteiger partial charge < -0.3 is 15.4 Å². The summed E-state index contributed by atoms with van der Waals surface area (Å²) in [5, 5.41) is 10.7. The van der Waals surface area contributed by atoms with E-state index in [1.54, 1.807) is 18.3 Å². The molecule has 1 aromatic carbocycles. The van der Waals surface area contributed by atoms with E-state index in [-0.39, 0.29) is 5.75 Å². The van der Waals surface area contributed by atoms with Crippen molar-refractivity contribution in [2.75, 3.05) is 5.73 Å². The molecule has 4 heteroatoms. The number of aromatic hydroxyl groups is 1. The van der Waals surface area contributed by atoms with Gasteiger partial charge in [0.15, 0.2) is 0 Å². The predicted octanol–water partition coefficient (Wildman–Crippen LogP) is 2.53. The summed E-state index contributed by atoms with van der Waals surface area (Å²) >= 11 is 0. The molecule has 0 aliphatic rings. The zero-order valence-electron chi connectivity index (χ0n) is 9.96. The molecule has 18 heavy (non-hydrogen) atoms. The summed E-state index contributed by atoms with van der Waals surface area (Å²) in [5.74, 6) is 0.790. The first-order chi connectivity index (χ1) is 8.66. The van der Waals surface area contributed by atoms with Gasteiger partial charge in [0.25, 0.3) is 0 Å². The lowest BCUT2D eigenvalue weighted by Gasteiger charge is -2.04. The highest BCUT2D eigenvalue weighted by Crippen LogP contribution is 2.31. The van der Waals surface area contributed by atoms with Crippen LogP contribution in [0.25, 0.3) is 22.2 Å². The lowest BCUT2D eigenvalue weighted by atomic mass is 10.2. The number of fused-ring (bicyclic) bond motifs is 1. The molecule has 90 valence electrons. The van der Waals surface area contributed by atoms with E-state index in [0.717, 1.165) is 22.2 Å². The number of aryl methyl sites for hydroxylation is 1. The quantitative estimate of drug-likeness (QED) is 0.685. The van der Waals surface area contributed by atoms with Gasteiger partial charge in [-0.2, -0.15) is 0 Å². The number of benzene rings is 1. The Bertz CT molecular complexity index is 714. The Morgan fingerprint density at radius 2 is 2.06 bits per heavy atom. The summed E-state index contributed by atoms with van der Waals surface area (Å²) in [6, 6.07) is 11.2. The third-order valence-corrected chi connectivity index (χ3v) is 3.15. The van der Waals surface area contributed by atoms with E-state index < -0.39 is 0 Å². The Balaban J connectivity index is 2.27. The SMILES string of the molecule is Cn1c(-c2ccc(N)nc2)cc2c(O)cccc21. The highest BCUT2D eigenvalue weighted by molar-refractivity contribution is 5.91. The zero-order valence-corrected chi connectivity index (χ0v) is 9.96. The Morgan fingerprint density at radius 3 is 2.72 bits per heavy atom. The molecule has 0 spiro atoms. The van der Waals surface area contributed by atoms with Crippen LogP contribution in [0.4, 0.5) is 5.82 Å². The fraction of sp³-hybridized carbons (Fsp3) is 0.0714. The predicted molar refractivity (Wildman–Crippen MR) is 72.2 cm³/mol. The van der Waals surface area contributed by atoms with Crippen molar-refractivity contribution in [3.63, 3.8) is 0 Å². The van der Waals surface area contributed by atoms with Crippen molar-refractivity contribution in [2.45, 2.75) is 0 Å². The molecule has 3 aromatic rings. The molecule has 0 atom stereocenters. The van der Waals surface area contributed by atoms with Crippen LogP contribution in [0, 0.1) is 0 Å². The minimum atomic E-state index is 0.290. The molecule has 0 amide bonds. The molecular weight excluding hydrogens is 226 g/mol. The van der Waals surface area contributed by atoms with Gasteiger partial charge >= 0.3 is 0 Å². The van der Waals surface area contributed by atoms with Gasteiger partial charge in [-0.3, -0.25) is 0 Å². The molecule has 3 rings (SSSR count). The first-order valence-electron chi connectivity index (χ1n) is 5.66. The minimum Gasteiger partial charge on any atom is -0.507 e. The number of nitrogen functional groups attached to an aromatic ring is 1. The first-order valence-corrected chi connectivity index (χ1v) is 5.66. The van der Waals surface area contributed by atoms with Gasteiger partial charge in [0.2, 0.25) is 0 Å². The number of pyridine rings is 1. The number of hydrogen-bond donors (Lipinski definition) is 2. The van der Waals surface area contributed by atoms with Crippen LogP contribution in [0.15, 0.2) is 42.6 Å². The number of aromatic nitrogens is 2. The zero-order chi connectivity index (χ0) is 12.7. The highest BCUT2D eigenvalue weighted by atomic mass is 16.3. The lowest BCUT2D eigenvalue weighted by molar-refractivity contribution is 0.481. The van der Waals surface area contributed by atoms with Crippen molar-refractivity contribution < 1.29 is 5.11 Å². The van der Waals surface area contributed by atoms with E-state index in [0.29, 0.717) is 5.82 Å². The number of nitrogens with zero attached hydrogens (tertiary/aromatic N) is 2. The number of anilines is 1. The normalized spacial score (nSPS) is 10.9. The summed E-state index contributed by atoms with van der Waals surface area (Å²) in [5.41, 5.74) is 8.55.